The molecule has 0 aliphatic carbocycles. The minimum absolute atomic E-state index is 0.154. The van der Waals surface area contributed by atoms with Gasteiger partial charge in [0.25, 0.3) is 10.0 Å². The molecule has 1 unspecified atom stereocenters. The average Bonchev–Trinajstić information content (AvgIpc) is 3.25. The summed E-state index contributed by atoms with van der Waals surface area (Å²) in [4.78, 5) is -0.444. The second-order valence-electron chi connectivity index (χ2n) is 7.40. The van der Waals surface area contributed by atoms with Crippen molar-refractivity contribution in [1.82, 2.24) is 5.01 Å². The summed E-state index contributed by atoms with van der Waals surface area (Å²) in [6, 6.07) is 17.9. The first-order valence-corrected chi connectivity index (χ1v) is 11.7. The van der Waals surface area contributed by atoms with Gasteiger partial charge in [0.2, 0.25) is 5.29 Å². The van der Waals surface area contributed by atoms with Gasteiger partial charge in [-0.25, -0.2) is 9.40 Å². The number of hydrogen-bond acceptors (Lipinski definition) is 3. The maximum Gasteiger partial charge on any atom is 0.416 e. The van der Waals surface area contributed by atoms with Gasteiger partial charge in [0, 0.05) is 5.92 Å². The SMILES string of the molecule is O=S(=O)(/N=C(/Cl)N1CC(c2ccccc2)C(c2ccc(F)cc2)=N1)c1ccc(C(F)(F)F)cc1. The summed E-state index contributed by atoms with van der Waals surface area (Å²) in [7, 11) is -4.40. The van der Waals surface area contributed by atoms with E-state index in [1.54, 1.807) is 12.1 Å². The fourth-order valence-corrected chi connectivity index (χ4v) is 4.72. The summed E-state index contributed by atoms with van der Waals surface area (Å²) in [6.45, 7) is 0.154. The van der Waals surface area contributed by atoms with Crippen LogP contribution in [0.5, 0.6) is 0 Å². The summed E-state index contributed by atoms with van der Waals surface area (Å²) in [5.41, 5.74) is 1.04. The molecule has 3 aromatic rings. The Morgan fingerprint density at radius 2 is 1.59 bits per heavy atom. The highest BCUT2D eigenvalue weighted by atomic mass is 35.5. The molecule has 176 valence electrons. The van der Waals surface area contributed by atoms with Crippen LogP contribution in [0.2, 0.25) is 0 Å². The molecule has 0 fully saturated rings. The first-order valence-electron chi connectivity index (χ1n) is 9.89. The quantitative estimate of drug-likeness (QED) is 0.198. The summed E-state index contributed by atoms with van der Waals surface area (Å²) >= 11 is 6.21. The molecule has 5 nitrogen and oxygen atoms in total. The number of amidine groups is 1. The van der Waals surface area contributed by atoms with Crippen LogP contribution >= 0.6 is 11.6 Å². The molecular weight excluding hydrogens is 494 g/mol. The van der Waals surface area contributed by atoms with Crippen molar-refractivity contribution in [2.45, 2.75) is 17.0 Å². The highest BCUT2D eigenvalue weighted by Gasteiger charge is 2.33. The van der Waals surface area contributed by atoms with Crippen molar-refractivity contribution in [3.8, 4) is 0 Å². The van der Waals surface area contributed by atoms with Gasteiger partial charge in [-0.1, -0.05) is 42.5 Å². The number of nitrogens with zero attached hydrogens (tertiary/aromatic N) is 3. The van der Waals surface area contributed by atoms with E-state index in [9.17, 15) is 26.0 Å². The molecule has 1 aliphatic heterocycles. The number of benzene rings is 3. The molecule has 1 heterocycles. The van der Waals surface area contributed by atoms with Crippen molar-refractivity contribution < 1.29 is 26.0 Å². The Labute approximate surface area is 198 Å². The van der Waals surface area contributed by atoms with E-state index in [1.165, 1.54) is 17.1 Å². The Bertz CT molecular complexity index is 1340. The van der Waals surface area contributed by atoms with Gasteiger partial charge in [-0.3, -0.25) is 0 Å². The fourth-order valence-electron chi connectivity index (χ4n) is 3.46. The maximum absolute atomic E-state index is 13.4. The van der Waals surface area contributed by atoms with Crippen LogP contribution in [0.4, 0.5) is 17.6 Å². The summed E-state index contributed by atoms with van der Waals surface area (Å²) < 4.78 is 80.5. The molecule has 34 heavy (non-hydrogen) atoms. The predicted molar refractivity (Wildman–Crippen MR) is 121 cm³/mol. The molecule has 4 rings (SSSR count). The third-order valence-corrected chi connectivity index (χ3v) is 6.80. The van der Waals surface area contributed by atoms with E-state index in [0.29, 0.717) is 23.4 Å². The second-order valence-corrected chi connectivity index (χ2v) is 9.34. The molecule has 0 saturated heterocycles. The number of hydrogen-bond donors (Lipinski definition) is 0. The standard InChI is InChI=1S/C23H16ClF4N3O2S/c24-22(30-34(32,33)19-12-8-17(9-13-19)23(26,27)28)31-14-20(15-4-2-1-3-5-15)21(29-31)16-6-10-18(25)11-7-16/h1-13,20H,14H2/b30-22-. The molecule has 0 amide bonds. The summed E-state index contributed by atoms with van der Waals surface area (Å²) in [5, 5.41) is 5.14. The van der Waals surface area contributed by atoms with Crippen LogP contribution in [0.25, 0.3) is 0 Å². The number of halogens is 5. The van der Waals surface area contributed by atoms with Crippen LogP contribution in [0.3, 0.4) is 0 Å². The first kappa shape index (κ1) is 23.9. The Morgan fingerprint density at radius 3 is 2.18 bits per heavy atom. The Balaban J connectivity index is 1.66. The van der Waals surface area contributed by atoms with Crippen LogP contribution < -0.4 is 0 Å². The lowest BCUT2D eigenvalue weighted by molar-refractivity contribution is -0.137. The van der Waals surface area contributed by atoms with Crippen LogP contribution in [-0.2, 0) is 16.2 Å². The molecule has 0 spiro atoms. The number of alkyl halides is 3. The third-order valence-electron chi connectivity index (χ3n) is 5.14. The molecule has 1 aliphatic rings. The first-order chi connectivity index (χ1) is 16.0. The minimum Gasteiger partial charge on any atom is -0.236 e. The Hall–Kier alpha value is -3.24. The fraction of sp³-hybridized carbons (Fsp3) is 0.130. The van der Waals surface area contributed by atoms with Crippen LogP contribution in [0, 0.1) is 5.82 Å². The molecule has 3 aromatic carbocycles. The lowest BCUT2D eigenvalue weighted by atomic mass is 9.91. The monoisotopic (exact) mass is 509 g/mol. The van der Waals surface area contributed by atoms with Crippen molar-refractivity contribution in [2.75, 3.05) is 6.54 Å². The van der Waals surface area contributed by atoms with Gasteiger partial charge in [-0.15, -0.1) is 4.40 Å². The van der Waals surface area contributed by atoms with E-state index in [0.717, 1.165) is 17.7 Å². The lowest BCUT2D eigenvalue weighted by Gasteiger charge is -2.15. The molecule has 1 atom stereocenters. The minimum atomic E-state index is -4.60. The largest absolute Gasteiger partial charge is 0.416 e. The zero-order valence-corrected chi connectivity index (χ0v) is 18.8. The molecule has 11 heteroatoms. The molecule has 0 N–H and O–H groups in total. The van der Waals surface area contributed by atoms with E-state index >= 15 is 0 Å². The zero-order chi connectivity index (χ0) is 24.5. The third kappa shape index (κ3) is 5.13. The van der Waals surface area contributed by atoms with Crippen LogP contribution in [0.1, 0.15) is 22.6 Å². The molecule has 0 saturated carbocycles. The van der Waals surface area contributed by atoms with Crippen LogP contribution in [0.15, 0.2) is 93.3 Å². The maximum atomic E-state index is 13.4. The number of hydrazone groups is 1. The Kier molecular flexibility index (Phi) is 6.46. The van der Waals surface area contributed by atoms with Crippen molar-refractivity contribution >= 4 is 32.6 Å². The summed E-state index contributed by atoms with van der Waals surface area (Å²) in [5.74, 6) is -0.734. The molecule has 0 aromatic heterocycles. The summed E-state index contributed by atoms with van der Waals surface area (Å²) in [6.07, 6.45) is -4.60. The van der Waals surface area contributed by atoms with Gasteiger partial charge in [-0.05, 0) is 59.1 Å². The Morgan fingerprint density at radius 1 is 0.971 bits per heavy atom. The smallest absolute Gasteiger partial charge is 0.236 e. The number of rotatable bonds is 4. The van der Waals surface area contributed by atoms with Crippen molar-refractivity contribution in [2.24, 2.45) is 9.50 Å². The predicted octanol–water partition coefficient (Wildman–Crippen LogP) is 5.63. The van der Waals surface area contributed by atoms with Gasteiger partial charge in [0.05, 0.1) is 22.7 Å². The molecular formula is C23H16ClF4N3O2S. The van der Waals surface area contributed by atoms with Gasteiger partial charge in [-0.2, -0.15) is 26.7 Å². The van der Waals surface area contributed by atoms with Crippen molar-refractivity contribution in [3.05, 3.63) is 101 Å². The van der Waals surface area contributed by atoms with Gasteiger partial charge in [0.15, 0.2) is 0 Å². The topological polar surface area (TPSA) is 62.1 Å². The van der Waals surface area contributed by atoms with Crippen molar-refractivity contribution in [1.29, 1.82) is 0 Å². The lowest BCUT2D eigenvalue weighted by Crippen LogP contribution is -2.23. The zero-order valence-electron chi connectivity index (χ0n) is 17.2. The highest BCUT2D eigenvalue weighted by molar-refractivity contribution is 7.90. The van der Waals surface area contributed by atoms with Gasteiger partial charge in [0.1, 0.15) is 5.82 Å². The van der Waals surface area contributed by atoms with Gasteiger partial charge >= 0.3 is 6.18 Å². The van der Waals surface area contributed by atoms with Gasteiger partial charge < -0.3 is 0 Å². The highest BCUT2D eigenvalue weighted by Crippen LogP contribution is 2.31. The molecule has 0 bridgehead atoms. The normalized spacial score (nSPS) is 17.1. The number of sulfonamides is 1. The van der Waals surface area contributed by atoms with E-state index in [4.69, 9.17) is 11.6 Å². The van der Waals surface area contributed by atoms with E-state index < -0.39 is 37.8 Å². The van der Waals surface area contributed by atoms with E-state index in [1.807, 2.05) is 30.3 Å². The average molecular weight is 510 g/mol. The molecule has 0 radical (unpaired) electrons. The second kappa shape index (κ2) is 9.19. The van der Waals surface area contributed by atoms with Crippen molar-refractivity contribution in [3.63, 3.8) is 0 Å². The van der Waals surface area contributed by atoms with E-state index in [2.05, 4.69) is 9.50 Å². The van der Waals surface area contributed by atoms with Crippen LogP contribution in [-0.4, -0.2) is 31.0 Å². The van der Waals surface area contributed by atoms with E-state index in [-0.39, 0.29) is 12.5 Å².